The largest absolute Gasteiger partial charge is 0.549 e. The number of ketones is 1. The molecular weight excluding hydrogens is 180 g/mol. The highest BCUT2D eigenvalue weighted by molar-refractivity contribution is 5.84. The van der Waals surface area contributed by atoms with Gasteiger partial charge in [-0.05, 0) is 12.5 Å². The Balaban J connectivity index is 2.89. The van der Waals surface area contributed by atoms with Gasteiger partial charge in [0.25, 0.3) is 0 Å². The molecule has 3 heteroatoms. The highest BCUT2D eigenvalue weighted by Crippen LogP contribution is 2.18. The Morgan fingerprint density at radius 2 is 1.86 bits per heavy atom. The Kier molecular flexibility index (Phi) is 3.40. The van der Waals surface area contributed by atoms with Crippen LogP contribution < -0.4 is 5.11 Å². The normalized spacial score (nSPS) is 12.1. The van der Waals surface area contributed by atoms with Crippen LogP contribution in [0.4, 0.5) is 0 Å². The molecule has 0 aliphatic rings. The number of carbonyl (C=O) groups excluding carboxylic acids is 2. The Labute approximate surface area is 82.4 Å². The van der Waals surface area contributed by atoms with Crippen LogP contribution in [0.3, 0.4) is 0 Å². The third-order valence-corrected chi connectivity index (χ3v) is 1.98. The molecule has 0 radical (unpaired) electrons. The molecule has 0 heterocycles. The number of Topliss-reactive ketones (excluding diaryl/α,β-unsaturated/α-hetero) is 1. The van der Waals surface area contributed by atoms with Crippen LogP contribution in [0.25, 0.3) is 0 Å². The Morgan fingerprint density at radius 3 is 2.29 bits per heavy atom. The number of rotatable bonds is 4. The molecule has 74 valence electrons. The lowest BCUT2D eigenvalue weighted by Crippen LogP contribution is -2.30. The zero-order chi connectivity index (χ0) is 10.6. The zero-order valence-electron chi connectivity index (χ0n) is 7.90. The number of benzene rings is 1. The van der Waals surface area contributed by atoms with Gasteiger partial charge in [-0.15, -0.1) is 0 Å². The molecule has 0 aliphatic heterocycles. The monoisotopic (exact) mass is 191 g/mol. The van der Waals surface area contributed by atoms with Crippen LogP contribution in [0, 0.1) is 0 Å². The first-order valence-corrected chi connectivity index (χ1v) is 4.36. The van der Waals surface area contributed by atoms with E-state index in [4.69, 9.17) is 0 Å². The van der Waals surface area contributed by atoms with E-state index in [0.29, 0.717) is 5.56 Å². The molecule has 0 spiro atoms. The van der Waals surface area contributed by atoms with Crippen LogP contribution >= 0.6 is 0 Å². The van der Waals surface area contributed by atoms with E-state index >= 15 is 0 Å². The second kappa shape index (κ2) is 4.56. The van der Waals surface area contributed by atoms with Crippen molar-refractivity contribution in [3.05, 3.63) is 35.9 Å². The molecule has 14 heavy (non-hydrogen) atoms. The van der Waals surface area contributed by atoms with E-state index in [1.54, 1.807) is 30.3 Å². The van der Waals surface area contributed by atoms with E-state index in [-0.39, 0.29) is 12.2 Å². The second-order valence-corrected chi connectivity index (χ2v) is 3.19. The maximum absolute atomic E-state index is 10.8. The molecule has 0 N–H and O–H groups in total. The quantitative estimate of drug-likeness (QED) is 0.696. The van der Waals surface area contributed by atoms with Crippen molar-refractivity contribution >= 4 is 11.8 Å². The zero-order valence-corrected chi connectivity index (χ0v) is 7.90. The minimum atomic E-state index is -1.20. The predicted molar refractivity (Wildman–Crippen MR) is 49.5 cm³/mol. The summed E-state index contributed by atoms with van der Waals surface area (Å²) in [4.78, 5) is 21.6. The highest BCUT2D eigenvalue weighted by Gasteiger charge is 2.14. The summed E-state index contributed by atoms with van der Waals surface area (Å²) in [6, 6.07) is 8.65. The smallest absolute Gasteiger partial charge is 0.130 e. The third-order valence-electron chi connectivity index (χ3n) is 1.98. The molecule has 0 aromatic heterocycles. The van der Waals surface area contributed by atoms with Crippen LogP contribution in [0.2, 0.25) is 0 Å². The van der Waals surface area contributed by atoms with Gasteiger partial charge in [0.05, 0.1) is 0 Å². The summed E-state index contributed by atoms with van der Waals surface area (Å²) in [7, 11) is 0. The molecule has 0 saturated carbocycles. The molecule has 1 aromatic carbocycles. The van der Waals surface area contributed by atoms with Gasteiger partial charge >= 0.3 is 0 Å². The van der Waals surface area contributed by atoms with Crippen LogP contribution in [-0.2, 0) is 9.59 Å². The van der Waals surface area contributed by atoms with Crippen molar-refractivity contribution in [3.63, 3.8) is 0 Å². The van der Waals surface area contributed by atoms with Crippen molar-refractivity contribution in [2.75, 3.05) is 0 Å². The fourth-order valence-electron chi connectivity index (χ4n) is 1.31. The third kappa shape index (κ3) is 2.69. The van der Waals surface area contributed by atoms with Crippen molar-refractivity contribution in [2.45, 2.75) is 19.3 Å². The molecule has 3 nitrogen and oxygen atoms in total. The van der Waals surface area contributed by atoms with Crippen molar-refractivity contribution in [2.24, 2.45) is 0 Å². The fourth-order valence-corrected chi connectivity index (χ4v) is 1.31. The molecule has 1 rings (SSSR count). The lowest BCUT2D eigenvalue weighted by molar-refractivity contribution is -0.308. The molecule has 0 unspecified atom stereocenters. The van der Waals surface area contributed by atoms with Crippen molar-refractivity contribution in [1.82, 2.24) is 0 Å². The van der Waals surface area contributed by atoms with Gasteiger partial charge < -0.3 is 9.90 Å². The fraction of sp³-hybridized carbons (Fsp3) is 0.273. The van der Waals surface area contributed by atoms with E-state index in [1.807, 2.05) is 0 Å². The Morgan fingerprint density at radius 1 is 1.29 bits per heavy atom. The first kappa shape index (κ1) is 10.4. The minimum absolute atomic E-state index is 0.00759. The van der Waals surface area contributed by atoms with Gasteiger partial charge in [0, 0.05) is 18.3 Å². The van der Waals surface area contributed by atoms with Gasteiger partial charge in [0.1, 0.15) is 5.78 Å². The SMILES string of the molecule is CC(=O)C[C@H](C(=O)[O-])c1ccccc1. The van der Waals surface area contributed by atoms with E-state index in [0.717, 1.165) is 0 Å². The lowest BCUT2D eigenvalue weighted by Gasteiger charge is -2.16. The van der Waals surface area contributed by atoms with Gasteiger partial charge in [0.2, 0.25) is 0 Å². The summed E-state index contributed by atoms with van der Waals surface area (Å²) < 4.78 is 0. The van der Waals surface area contributed by atoms with Gasteiger partial charge in [0.15, 0.2) is 0 Å². The average molecular weight is 191 g/mol. The predicted octanol–water partition coefficient (Wildman–Crippen LogP) is 0.499. The number of aliphatic carboxylic acids is 1. The number of carbonyl (C=O) groups is 2. The summed E-state index contributed by atoms with van der Waals surface area (Å²) in [5.41, 5.74) is 0.614. The second-order valence-electron chi connectivity index (χ2n) is 3.19. The summed E-state index contributed by atoms with van der Waals surface area (Å²) in [5.74, 6) is -2.18. The van der Waals surface area contributed by atoms with E-state index < -0.39 is 11.9 Å². The molecule has 0 bridgehead atoms. The maximum atomic E-state index is 10.8. The standard InChI is InChI=1S/C11H12O3/c1-8(12)7-10(11(13)14)9-5-3-2-4-6-9/h2-6,10H,7H2,1H3,(H,13,14)/p-1/t10-/m0/s1. The average Bonchev–Trinajstić information content (AvgIpc) is 2.15. The topological polar surface area (TPSA) is 57.2 Å². The van der Waals surface area contributed by atoms with E-state index in [9.17, 15) is 14.7 Å². The van der Waals surface area contributed by atoms with E-state index in [1.165, 1.54) is 6.92 Å². The number of hydrogen-bond donors (Lipinski definition) is 0. The molecule has 0 fully saturated rings. The van der Waals surface area contributed by atoms with Crippen LogP contribution in [0.15, 0.2) is 30.3 Å². The number of carboxylic acids is 1. The maximum Gasteiger partial charge on any atom is 0.130 e. The van der Waals surface area contributed by atoms with Crippen LogP contribution in [0.1, 0.15) is 24.8 Å². The molecule has 0 amide bonds. The Hall–Kier alpha value is -1.64. The van der Waals surface area contributed by atoms with Gasteiger partial charge in [-0.1, -0.05) is 30.3 Å². The summed E-state index contributed by atoms with van der Waals surface area (Å²) in [5, 5.41) is 10.8. The molecule has 1 aromatic rings. The van der Waals surface area contributed by atoms with Crippen molar-refractivity contribution in [1.29, 1.82) is 0 Å². The highest BCUT2D eigenvalue weighted by atomic mass is 16.4. The van der Waals surface area contributed by atoms with Crippen molar-refractivity contribution < 1.29 is 14.7 Å². The minimum Gasteiger partial charge on any atom is -0.549 e. The van der Waals surface area contributed by atoms with Crippen LogP contribution in [0.5, 0.6) is 0 Å². The van der Waals surface area contributed by atoms with E-state index in [2.05, 4.69) is 0 Å². The number of hydrogen-bond acceptors (Lipinski definition) is 3. The summed E-state index contributed by atoms with van der Waals surface area (Å²) in [6.07, 6.45) is -0.00759. The lowest BCUT2D eigenvalue weighted by atomic mass is 9.94. The molecule has 1 atom stereocenters. The summed E-state index contributed by atoms with van der Waals surface area (Å²) in [6.45, 7) is 1.37. The number of carboxylic acid groups (broad SMARTS) is 1. The Bertz CT molecular complexity index is 330. The van der Waals surface area contributed by atoms with Gasteiger partial charge in [-0.3, -0.25) is 4.79 Å². The first-order chi connectivity index (χ1) is 6.61. The molecule has 0 saturated heterocycles. The molecule has 0 aliphatic carbocycles. The summed E-state index contributed by atoms with van der Waals surface area (Å²) >= 11 is 0. The first-order valence-electron chi connectivity index (χ1n) is 4.36. The van der Waals surface area contributed by atoms with Crippen LogP contribution in [-0.4, -0.2) is 11.8 Å². The molecular formula is C11H11O3-. The van der Waals surface area contributed by atoms with Gasteiger partial charge in [-0.25, -0.2) is 0 Å². The van der Waals surface area contributed by atoms with Crippen molar-refractivity contribution in [3.8, 4) is 0 Å². The van der Waals surface area contributed by atoms with Gasteiger partial charge in [-0.2, -0.15) is 0 Å².